The van der Waals surface area contributed by atoms with Gasteiger partial charge in [0.1, 0.15) is 11.7 Å². The number of rotatable bonds is 3. The number of likely N-dealkylation sites (tertiary alicyclic amines) is 1. The van der Waals surface area contributed by atoms with Crippen LogP contribution in [0.5, 0.6) is 0 Å². The van der Waals surface area contributed by atoms with Crippen molar-refractivity contribution in [1.82, 2.24) is 14.4 Å². The van der Waals surface area contributed by atoms with E-state index >= 15 is 0 Å². The summed E-state index contributed by atoms with van der Waals surface area (Å²) in [7, 11) is 0. The summed E-state index contributed by atoms with van der Waals surface area (Å²) in [6.07, 6.45) is 4.43. The van der Waals surface area contributed by atoms with Gasteiger partial charge >= 0.3 is 6.09 Å². The fourth-order valence-electron chi connectivity index (χ4n) is 5.48. The SMILES string of the molecule is CC1CCN(C(=O)c2ccc3c(c2)c2c(n3CC3C=NOC3C)CCN(C(=O)OC(C)(C)C)C2)CC1. The van der Waals surface area contributed by atoms with Crippen molar-refractivity contribution in [2.24, 2.45) is 17.0 Å². The van der Waals surface area contributed by atoms with E-state index in [4.69, 9.17) is 9.57 Å². The number of carbonyl (C=O) groups excluding carboxylic acids is 2. The van der Waals surface area contributed by atoms with Crippen LogP contribution in [0.4, 0.5) is 4.79 Å². The van der Waals surface area contributed by atoms with Crippen LogP contribution in [0.15, 0.2) is 23.4 Å². The van der Waals surface area contributed by atoms with Crippen molar-refractivity contribution < 1.29 is 19.2 Å². The molecule has 2 atom stereocenters. The fourth-order valence-corrected chi connectivity index (χ4v) is 5.48. The molecule has 194 valence electrons. The average molecular weight is 495 g/mol. The first kappa shape index (κ1) is 24.7. The minimum atomic E-state index is -0.547. The predicted octanol–water partition coefficient (Wildman–Crippen LogP) is 4.83. The Bertz CT molecular complexity index is 1190. The fraction of sp³-hybridized carbons (Fsp3) is 0.607. The third-order valence-electron chi connectivity index (χ3n) is 7.70. The summed E-state index contributed by atoms with van der Waals surface area (Å²) in [5.74, 6) is 0.933. The Morgan fingerprint density at radius 3 is 2.53 bits per heavy atom. The van der Waals surface area contributed by atoms with Crippen LogP contribution in [-0.4, -0.2) is 63.9 Å². The molecule has 36 heavy (non-hydrogen) atoms. The molecule has 1 fully saturated rings. The number of fused-ring (bicyclic) bond motifs is 3. The monoisotopic (exact) mass is 494 g/mol. The molecule has 2 aromatic rings. The Labute approximate surface area is 213 Å². The molecule has 0 aliphatic carbocycles. The van der Waals surface area contributed by atoms with Gasteiger partial charge in [0.15, 0.2) is 0 Å². The molecule has 4 heterocycles. The third kappa shape index (κ3) is 4.82. The second kappa shape index (κ2) is 9.45. The molecule has 1 aromatic heterocycles. The first-order valence-corrected chi connectivity index (χ1v) is 13.2. The van der Waals surface area contributed by atoms with Gasteiger partial charge in [-0.3, -0.25) is 4.79 Å². The number of ether oxygens (including phenoxy) is 1. The highest BCUT2D eigenvalue weighted by Crippen LogP contribution is 2.34. The maximum Gasteiger partial charge on any atom is 0.410 e. The lowest BCUT2D eigenvalue weighted by Gasteiger charge is -2.31. The number of amides is 2. The highest BCUT2D eigenvalue weighted by Gasteiger charge is 2.32. The predicted molar refractivity (Wildman–Crippen MR) is 139 cm³/mol. The zero-order valence-electron chi connectivity index (χ0n) is 22.1. The van der Waals surface area contributed by atoms with Gasteiger partial charge in [0.05, 0.1) is 18.7 Å². The Morgan fingerprint density at radius 2 is 1.86 bits per heavy atom. The number of oxime groups is 1. The van der Waals surface area contributed by atoms with Crippen LogP contribution in [0.1, 0.15) is 69.1 Å². The van der Waals surface area contributed by atoms with Gasteiger partial charge in [0.2, 0.25) is 0 Å². The Morgan fingerprint density at radius 1 is 1.11 bits per heavy atom. The summed E-state index contributed by atoms with van der Waals surface area (Å²) in [5.41, 5.74) is 3.57. The molecule has 1 aromatic carbocycles. The molecular weight excluding hydrogens is 456 g/mol. The first-order chi connectivity index (χ1) is 17.1. The van der Waals surface area contributed by atoms with E-state index < -0.39 is 5.60 Å². The summed E-state index contributed by atoms with van der Waals surface area (Å²) < 4.78 is 8.01. The molecule has 2 unspecified atom stereocenters. The molecule has 1 saturated heterocycles. The summed E-state index contributed by atoms with van der Waals surface area (Å²) >= 11 is 0. The summed E-state index contributed by atoms with van der Waals surface area (Å²) in [4.78, 5) is 35.5. The largest absolute Gasteiger partial charge is 0.444 e. The Kier molecular flexibility index (Phi) is 6.47. The molecule has 2 amide bonds. The second-order valence-corrected chi connectivity index (χ2v) is 11.6. The number of hydrogen-bond acceptors (Lipinski definition) is 5. The maximum absolute atomic E-state index is 13.4. The van der Waals surface area contributed by atoms with Crippen LogP contribution in [-0.2, 0) is 29.1 Å². The van der Waals surface area contributed by atoms with E-state index in [-0.39, 0.29) is 24.0 Å². The molecule has 5 rings (SSSR count). The quantitative estimate of drug-likeness (QED) is 0.613. The van der Waals surface area contributed by atoms with Gasteiger partial charge in [-0.1, -0.05) is 12.1 Å². The van der Waals surface area contributed by atoms with Crippen molar-refractivity contribution in [1.29, 1.82) is 0 Å². The number of nitrogens with zero attached hydrogens (tertiary/aromatic N) is 4. The van der Waals surface area contributed by atoms with Crippen LogP contribution in [0, 0.1) is 11.8 Å². The standard InChI is InChI=1S/C28H38N4O4/c1-18-8-11-30(12-9-18)26(33)20-6-7-24-22(14-20)23-17-31(27(34)35-28(3,4)5)13-10-25(23)32(24)16-21-15-29-36-19(21)2/h6-7,14-15,18-19,21H,8-13,16-17H2,1-5H3. The summed E-state index contributed by atoms with van der Waals surface area (Å²) in [5, 5.41) is 5.06. The molecule has 8 nitrogen and oxygen atoms in total. The van der Waals surface area contributed by atoms with E-state index in [1.54, 1.807) is 4.90 Å². The van der Waals surface area contributed by atoms with E-state index in [2.05, 4.69) is 22.7 Å². The minimum Gasteiger partial charge on any atom is -0.444 e. The van der Waals surface area contributed by atoms with Gasteiger partial charge in [-0.05, 0) is 64.7 Å². The Hall–Kier alpha value is -3.03. The number of benzene rings is 1. The van der Waals surface area contributed by atoms with Crippen molar-refractivity contribution in [3.05, 3.63) is 35.0 Å². The van der Waals surface area contributed by atoms with E-state index in [0.717, 1.165) is 55.4 Å². The molecule has 0 saturated carbocycles. The number of hydrogen-bond donors (Lipinski definition) is 0. The molecular formula is C28H38N4O4. The highest BCUT2D eigenvalue weighted by atomic mass is 16.6. The van der Waals surface area contributed by atoms with Crippen molar-refractivity contribution in [2.45, 2.75) is 78.7 Å². The van der Waals surface area contributed by atoms with E-state index in [0.29, 0.717) is 24.6 Å². The number of piperidine rings is 1. The van der Waals surface area contributed by atoms with E-state index in [1.807, 2.05) is 50.9 Å². The minimum absolute atomic E-state index is 0.0160. The highest BCUT2D eigenvalue weighted by molar-refractivity contribution is 5.99. The third-order valence-corrected chi connectivity index (χ3v) is 7.70. The van der Waals surface area contributed by atoms with Gasteiger partial charge in [-0.15, -0.1) is 0 Å². The van der Waals surface area contributed by atoms with E-state index in [1.165, 1.54) is 5.69 Å². The van der Waals surface area contributed by atoms with Crippen molar-refractivity contribution >= 4 is 29.1 Å². The summed E-state index contributed by atoms with van der Waals surface area (Å²) in [6, 6.07) is 6.06. The summed E-state index contributed by atoms with van der Waals surface area (Å²) in [6.45, 7) is 13.4. The zero-order valence-corrected chi connectivity index (χ0v) is 22.1. The van der Waals surface area contributed by atoms with E-state index in [9.17, 15) is 9.59 Å². The Balaban J connectivity index is 1.50. The van der Waals surface area contributed by atoms with Crippen molar-refractivity contribution in [3.8, 4) is 0 Å². The normalized spacial score (nSPS) is 22.6. The molecule has 3 aliphatic rings. The van der Waals surface area contributed by atoms with Gasteiger partial charge in [0.25, 0.3) is 5.91 Å². The molecule has 0 N–H and O–H groups in total. The first-order valence-electron chi connectivity index (χ1n) is 13.2. The zero-order chi connectivity index (χ0) is 25.6. The average Bonchev–Trinajstić information content (AvgIpc) is 3.38. The van der Waals surface area contributed by atoms with Crippen LogP contribution in [0.25, 0.3) is 10.9 Å². The topological polar surface area (TPSA) is 76.4 Å². The maximum atomic E-state index is 13.4. The lowest BCUT2D eigenvalue weighted by atomic mass is 9.98. The van der Waals surface area contributed by atoms with Crippen LogP contribution < -0.4 is 0 Å². The molecule has 3 aliphatic heterocycles. The van der Waals surface area contributed by atoms with Gasteiger partial charge in [-0.25, -0.2) is 4.79 Å². The second-order valence-electron chi connectivity index (χ2n) is 11.6. The molecule has 0 bridgehead atoms. The van der Waals surface area contributed by atoms with Gasteiger partial charge in [0, 0.05) is 60.3 Å². The van der Waals surface area contributed by atoms with Crippen LogP contribution >= 0.6 is 0 Å². The molecule has 0 radical (unpaired) electrons. The molecule has 0 spiro atoms. The lowest BCUT2D eigenvalue weighted by Crippen LogP contribution is -2.40. The van der Waals surface area contributed by atoms with Gasteiger partial charge in [-0.2, -0.15) is 0 Å². The lowest BCUT2D eigenvalue weighted by molar-refractivity contribution is 0.0223. The number of carbonyl (C=O) groups is 2. The number of aromatic nitrogens is 1. The van der Waals surface area contributed by atoms with Gasteiger partial charge < -0.3 is 23.9 Å². The smallest absolute Gasteiger partial charge is 0.410 e. The van der Waals surface area contributed by atoms with Crippen LogP contribution in [0.3, 0.4) is 0 Å². The van der Waals surface area contributed by atoms with Crippen molar-refractivity contribution in [3.63, 3.8) is 0 Å². The van der Waals surface area contributed by atoms with Crippen LogP contribution in [0.2, 0.25) is 0 Å². The van der Waals surface area contributed by atoms with Crippen molar-refractivity contribution in [2.75, 3.05) is 19.6 Å². The molecule has 8 heteroatoms.